The van der Waals surface area contributed by atoms with Crippen molar-refractivity contribution in [3.63, 3.8) is 0 Å². The predicted octanol–water partition coefficient (Wildman–Crippen LogP) is 18.6. The summed E-state index contributed by atoms with van der Waals surface area (Å²) in [5.41, 5.74) is 11.1. The normalized spacial score (nSPS) is 17.2. The molecule has 8 atom stereocenters. The fourth-order valence-electron chi connectivity index (χ4n) is 12.5. The highest BCUT2D eigenvalue weighted by Crippen LogP contribution is 2.35. The monoisotopic (exact) mass is 1320 g/mol. The van der Waals surface area contributed by atoms with E-state index in [9.17, 15) is 9.59 Å². The third-order valence-electron chi connectivity index (χ3n) is 18.0. The number of ether oxygens (including phenoxy) is 11. The average molecular weight is 1320 g/mol. The van der Waals surface area contributed by atoms with E-state index in [2.05, 4.69) is 43.3 Å². The van der Waals surface area contributed by atoms with Crippen LogP contribution in [0.3, 0.4) is 0 Å². The molecule has 0 radical (unpaired) electrons. The minimum atomic E-state index is -1.02. The van der Waals surface area contributed by atoms with Crippen LogP contribution in [0.25, 0.3) is 0 Å². The molecule has 96 heavy (non-hydrogen) atoms. The van der Waals surface area contributed by atoms with E-state index in [0.29, 0.717) is 32.7 Å². The summed E-state index contributed by atoms with van der Waals surface area (Å²) >= 11 is 0. The van der Waals surface area contributed by atoms with Crippen LogP contribution in [0.2, 0.25) is 0 Å². The zero-order chi connectivity index (χ0) is 67.3. The second kappa shape index (κ2) is 47.5. The third-order valence-corrected chi connectivity index (χ3v) is 18.0. The lowest BCUT2D eigenvalue weighted by molar-refractivity contribution is -0.331. The van der Waals surface area contributed by atoms with Crippen LogP contribution in [0.5, 0.6) is 11.5 Å². The van der Waals surface area contributed by atoms with Gasteiger partial charge in [-0.15, -0.1) is 0 Å². The van der Waals surface area contributed by atoms with Crippen LogP contribution < -0.4 is 15.2 Å². The predicted molar refractivity (Wildman–Crippen MR) is 379 cm³/mol. The van der Waals surface area contributed by atoms with Crippen LogP contribution in [0.1, 0.15) is 194 Å². The lowest BCUT2D eigenvalue weighted by Crippen LogP contribution is -2.62. The molecule has 1 heterocycles. The molecule has 0 spiro atoms. The Bertz CT molecular complexity index is 2900. The number of amides is 1. The van der Waals surface area contributed by atoms with Crippen LogP contribution in [0.15, 0.2) is 170 Å². The number of primary amides is 1. The molecule has 14 heteroatoms. The summed E-state index contributed by atoms with van der Waals surface area (Å²) in [4.78, 5) is 26.0. The van der Waals surface area contributed by atoms with Gasteiger partial charge in [0.25, 0.3) is 0 Å². The van der Waals surface area contributed by atoms with Gasteiger partial charge < -0.3 is 57.8 Å². The Balaban J connectivity index is 1.21. The van der Waals surface area contributed by atoms with E-state index in [0.717, 1.165) is 122 Å². The Morgan fingerprint density at radius 1 is 0.438 bits per heavy atom. The molecule has 2 N–H and O–H groups in total. The Morgan fingerprint density at radius 2 is 0.854 bits per heavy atom. The topological polar surface area (TPSA) is 162 Å². The summed E-state index contributed by atoms with van der Waals surface area (Å²) in [5.74, 6) is 1.17. The number of ketones is 1. The molecule has 6 aromatic carbocycles. The highest BCUT2D eigenvalue weighted by atomic mass is 16.7. The molecule has 524 valence electrons. The quantitative estimate of drug-likeness (QED) is 0.0360. The summed E-state index contributed by atoms with van der Waals surface area (Å²) in [5, 5.41) is 0. The molecule has 0 aromatic heterocycles. The van der Waals surface area contributed by atoms with Gasteiger partial charge in [-0.3, -0.25) is 4.79 Å². The Hall–Kier alpha value is -6.46. The third kappa shape index (κ3) is 30.5. The van der Waals surface area contributed by atoms with Gasteiger partial charge in [0.05, 0.1) is 85.9 Å². The lowest BCUT2D eigenvalue weighted by Gasteiger charge is -2.46. The first-order chi connectivity index (χ1) is 47.3. The number of unbranched alkanes of at least 4 members (excludes halogenated alkanes) is 19. The molecule has 6 aromatic rings. The zero-order valence-corrected chi connectivity index (χ0v) is 58.0. The van der Waals surface area contributed by atoms with Crippen molar-refractivity contribution in [3.05, 3.63) is 203 Å². The molecule has 1 aliphatic rings. The van der Waals surface area contributed by atoms with E-state index in [1.807, 2.05) is 133 Å². The largest absolute Gasteiger partial charge is 0.497 e. The van der Waals surface area contributed by atoms with Gasteiger partial charge in [-0.1, -0.05) is 275 Å². The van der Waals surface area contributed by atoms with Gasteiger partial charge in [0, 0.05) is 18.8 Å². The number of carbonyl (C=O) groups excluding carboxylic acids is 2. The summed E-state index contributed by atoms with van der Waals surface area (Å²) < 4.78 is 73.3. The number of carbonyl (C=O) groups is 2. The Labute approximate surface area is 574 Å². The van der Waals surface area contributed by atoms with Crippen LogP contribution >= 0.6 is 0 Å². The van der Waals surface area contributed by atoms with Gasteiger partial charge in [0.15, 0.2) is 6.29 Å². The van der Waals surface area contributed by atoms with Crippen molar-refractivity contribution in [3.8, 4) is 11.5 Å². The van der Waals surface area contributed by atoms with Crippen LogP contribution in [0, 0.1) is 5.92 Å². The van der Waals surface area contributed by atoms with Gasteiger partial charge in [0.1, 0.15) is 41.7 Å². The van der Waals surface area contributed by atoms with E-state index >= 15 is 0 Å². The first kappa shape index (κ1) is 76.9. The van der Waals surface area contributed by atoms with Crippen molar-refractivity contribution in [1.29, 1.82) is 0 Å². The minimum Gasteiger partial charge on any atom is -0.497 e. The number of rotatable bonds is 53. The smallest absolute Gasteiger partial charge is 0.404 e. The molecule has 14 nitrogen and oxygen atoms in total. The molecule has 1 amide bonds. The second-order valence-electron chi connectivity index (χ2n) is 25.8. The molecule has 0 bridgehead atoms. The number of nitrogens with two attached hydrogens (primary N) is 1. The van der Waals surface area contributed by atoms with E-state index in [4.69, 9.17) is 57.8 Å². The SMILES string of the molecule is CCCCCCCCCCCCCC[C@@H](OCc1ccc(OC)cc1)[C@@H](OCc1ccc(OC)cc1)[C@H](CO[C@H]1OC(COCc2ccccc2)[C@H](OCc2ccccc2)[C@@H](OCc2ccccc2)[C@@H]1OCc1ccccc1)CC(=O)CCCCCCCCCCCOC(N)=O. The average Bonchev–Trinajstić information content (AvgIpc) is 0.792. The molecule has 7 rings (SSSR count). The van der Waals surface area contributed by atoms with Crippen LogP contribution in [0.4, 0.5) is 4.79 Å². The molecule has 1 fully saturated rings. The lowest BCUT2D eigenvalue weighted by atomic mass is 9.89. The standard InChI is InChI=1S/C82H113NO13/c1-4-5-6-7-8-9-10-11-14-17-20-35-46-75(90-58-69-47-51-73(86-2)52-48-69)77(91-62-70-49-53-74(87-3)54-50-70)71(56-72(84)45-34-19-16-13-12-15-18-21-36-55-89-82(83)85)63-95-81-80(94-61-68-43-32-25-33-44-68)79(93-60-67-41-30-24-31-42-67)78(92-59-66-39-28-23-29-40-66)76(96-81)64-88-57-65-37-26-22-27-38-65/h22-33,37-44,47-54,71,75-81H,4-21,34-36,45-46,55-64H2,1-3H3,(H2,83,85)/t71-,75+,76?,77-,78-,79+,80-,81-/m0/s1. The second-order valence-corrected chi connectivity index (χ2v) is 25.8. The van der Waals surface area contributed by atoms with E-state index in [1.54, 1.807) is 14.2 Å². The van der Waals surface area contributed by atoms with E-state index in [1.165, 1.54) is 57.8 Å². The first-order valence-electron chi connectivity index (χ1n) is 36.1. The van der Waals surface area contributed by atoms with Crippen molar-refractivity contribution >= 4 is 11.9 Å². The number of hydrogen-bond acceptors (Lipinski definition) is 13. The maximum atomic E-state index is 15.0. The van der Waals surface area contributed by atoms with Gasteiger partial charge in [-0.05, 0) is 76.9 Å². The Morgan fingerprint density at radius 3 is 1.33 bits per heavy atom. The first-order valence-corrected chi connectivity index (χ1v) is 36.1. The van der Waals surface area contributed by atoms with Gasteiger partial charge in [-0.2, -0.15) is 0 Å². The number of hydrogen-bond donors (Lipinski definition) is 1. The van der Waals surface area contributed by atoms with Gasteiger partial charge in [-0.25, -0.2) is 4.79 Å². The van der Waals surface area contributed by atoms with Crippen molar-refractivity contribution in [2.24, 2.45) is 11.7 Å². The number of methoxy groups -OCH3 is 2. The van der Waals surface area contributed by atoms with Crippen molar-refractivity contribution in [2.75, 3.05) is 34.0 Å². The summed E-state index contributed by atoms with van der Waals surface area (Å²) in [6, 6.07) is 56.5. The molecule has 1 unspecified atom stereocenters. The maximum Gasteiger partial charge on any atom is 0.404 e. The number of Topliss-reactive ketones (excluding diaryl/α,β-unsaturated/α-hetero) is 1. The molecule has 1 aliphatic heterocycles. The van der Waals surface area contributed by atoms with E-state index in [-0.39, 0.29) is 51.8 Å². The number of benzene rings is 6. The molecular weight excluding hydrogens is 1210 g/mol. The molecule has 1 saturated heterocycles. The van der Waals surface area contributed by atoms with Gasteiger partial charge >= 0.3 is 6.09 Å². The summed E-state index contributed by atoms with van der Waals surface area (Å²) in [7, 11) is 3.35. The minimum absolute atomic E-state index is 0.0723. The van der Waals surface area contributed by atoms with Gasteiger partial charge in [0.2, 0.25) is 0 Å². The fraction of sp³-hybridized carbons (Fsp3) is 0.537. The molecular formula is C82H113NO13. The van der Waals surface area contributed by atoms with Crippen LogP contribution in [-0.2, 0) is 87.1 Å². The van der Waals surface area contributed by atoms with Crippen LogP contribution in [-0.4, -0.2) is 88.8 Å². The highest BCUT2D eigenvalue weighted by molar-refractivity contribution is 5.78. The fourth-order valence-corrected chi connectivity index (χ4v) is 12.5. The van der Waals surface area contributed by atoms with Crippen molar-refractivity contribution in [2.45, 2.75) is 244 Å². The van der Waals surface area contributed by atoms with Crippen molar-refractivity contribution in [1.82, 2.24) is 0 Å². The van der Waals surface area contributed by atoms with E-state index < -0.39 is 54.9 Å². The zero-order valence-electron chi connectivity index (χ0n) is 58.0. The molecule has 0 saturated carbocycles. The summed E-state index contributed by atoms with van der Waals surface area (Å²) in [6.07, 6.45) is 19.4. The molecule has 0 aliphatic carbocycles. The van der Waals surface area contributed by atoms with Crippen molar-refractivity contribution < 1.29 is 61.7 Å². The highest BCUT2D eigenvalue weighted by Gasteiger charge is 2.50. The Kier molecular flexibility index (Phi) is 38.0. The summed E-state index contributed by atoms with van der Waals surface area (Å²) in [6.45, 7) is 4.62. The maximum absolute atomic E-state index is 15.0.